The molecule has 2 rings (SSSR count). The van der Waals surface area contributed by atoms with Crippen LogP contribution in [0.1, 0.15) is 0 Å². The van der Waals surface area contributed by atoms with Gasteiger partial charge in [-0.15, -0.1) is 0 Å². The molecular formula is C9H10N8OS2. The van der Waals surface area contributed by atoms with Gasteiger partial charge in [0.15, 0.2) is 9.54 Å². The van der Waals surface area contributed by atoms with Gasteiger partial charge in [-0.3, -0.25) is 14.8 Å². The Kier molecular flexibility index (Phi) is 4.57. The van der Waals surface area contributed by atoms with Crippen molar-refractivity contribution in [1.29, 1.82) is 0 Å². The molecule has 0 spiro atoms. The van der Waals surface area contributed by atoms with Gasteiger partial charge >= 0.3 is 0 Å². The highest BCUT2D eigenvalue weighted by Gasteiger charge is 2.00. The fourth-order valence-electron chi connectivity index (χ4n) is 1.39. The van der Waals surface area contributed by atoms with Gasteiger partial charge < -0.3 is 10.7 Å². The standard InChI is InChI=1S/C9H10N8OS2/c10-15-16-11-5-18-14-6-1-3-7(4-2-6)17-8(19)12-13-9(17)20/h1-5,14H,(H2,10,16)(H,12,19)(H,13,20). The van der Waals surface area contributed by atoms with Crippen LogP contribution in [0.3, 0.4) is 0 Å². The smallest absolute Gasteiger partial charge is 0.230 e. The summed E-state index contributed by atoms with van der Waals surface area (Å²) < 4.78 is 2.68. The lowest BCUT2D eigenvalue weighted by atomic mass is 10.3. The lowest BCUT2D eigenvalue weighted by Gasteiger charge is -2.05. The van der Waals surface area contributed by atoms with Crippen molar-refractivity contribution < 1.29 is 4.84 Å². The number of nitrogens with two attached hydrogens (primary N) is 1. The molecule has 0 amide bonds. The summed E-state index contributed by atoms with van der Waals surface area (Å²) in [7, 11) is 0. The molecule has 0 radical (unpaired) electrons. The van der Waals surface area contributed by atoms with Gasteiger partial charge in [-0.1, -0.05) is 10.3 Å². The molecule has 0 saturated carbocycles. The van der Waals surface area contributed by atoms with Crippen LogP contribution in [0.15, 0.2) is 39.8 Å². The molecule has 2 aromatic rings. The first kappa shape index (κ1) is 13.9. The van der Waals surface area contributed by atoms with Crippen molar-refractivity contribution in [3.63, 3.8) is 0 Å². The molecule has 1 aromatic carbocycles. The summed E-state index contributed by atoms with van der Waals surface area (Å²) in [6, 6.07) is 7.24. The molecule has 0 fully saturated rings. The summed E-state index contributed by atoms with van der Waals surface area (Å²) in [6.45, 7) is 0. The number of rotatable bonds is 5. The Morgan fingerprint density at radius 3 is 2.45 bits per heavy atom. The number of H-pyrrole nitrogens is 2. The summed E-state index contributed by atoms with van der Waals surface area (Å²) in [5.74, 6) is 4.75. The van der Waals surface area contributed by atoms with E-state index in [1.54, 1.807) is 16.7 Å². The van der Waals surface area contributed by atoms with E-state index in [2.05, 4.69) is 31.2 Å². The van der Waals surface area contributed by atoms with Crippen LogP contribution in [-0.2, 0) is 4.84 Å². The lowest BCUT2D eigenvalue weighted by molar-refractivity contribution is 0.410. The fraction of sp³-hybridized carbons (Fsp3) is 0. The molecule has 0 unspecified atom stereocenters. The Labute approximate surface area is 123 Å². The minimum atomic E-state index is 0.492. The Hall–Kier alpha value is -2.53. The Morgan fingerprint density at radius 2 is 1.85 bits per heavy atom. The molecule has 0 aliphatic carbocycles. The van der Waals surface area contributed by atoms with E-state index >= 15 is 0 Å². The number of nitrogens with zero attached hydrogens (tertiary/aromatic N) is 4. The second kappa shape index (κ2) is 6.58. The highest BCUT2D eigenvalue weighted by molar-refractivity contribution is 7.72. The van der Waals surface area contributed by atoms with Crippen LogP contribution in [0.4, 0.5) is 5.69 Å². The highest BCUT2D eigenvalue weighted by Crippen LogP contribution is 2.13. The van der Waals surface area contributed by atoms with E-state index in [0.717, 1.165) is 12.1 Å². The van der Waals surface area contributed by atoms with Crippen molar-refractivity contribution in [3.05, 3.63) is 33.8 Å². The summed E-state index contributed by atoms with van der Waals surface area (Å²) >= 11 is 10.2. The number of anilines is 1. The predicted molar refractivity (Wildman–Crippen MR) is 78.4 cm³/mol. The maximum Gasteiger partial charge on any atom is 0.230 e. The average Bonchev–Trinajstić information content (AvgIpc) is 2.79. The molecule has 0 aliphatic rings. The Morgan fingerprint density at radius 1 is 1.20 bits per heavy atom. The van der Waals surface area contributed by atoms with Gasteiger partial charge in [0.05, 0.1) is 11.4 Å². The third-order valence-corrected chi connectivity index (χ3v) is 2.76. The first-order valence-corrected chi connectivity index (χ1v) is 6.07. The van der Waals surface area contributed by atoms with Gasteiger partial charge in [-0.25, -0.2) is 5.48 Å². The molecule has 11 heteroatoms. The van der Waals surface area contributed by atoms with Crippen LogP contribution >= 0.6 is 24.4 Å². The Balaban J connectivity index is 2.07. The lowest BCUT2D eigenvalue weighted by Crippen LogP contribution is -1.99. The molecule has 20 heavy (non-hydrogen) atoms. The van der Waals surface area contributed by atoms with Gasteiger partial charge in [-0.05, 0) is 53.9 Å². The third-order valence-electron chi connectivity index (χ3n) is 2.19. The van der Waals surface area contributed by atoms with E-state index in [0.29, 0.717) is 15.2 Å². The van der Waals surface area contributed by atoms with Gasteiger partial charge in [0.25, 0.3) is 0 Å². The molecular weight excluding hydrogens is 300 g/mol. The summed E-state index contributed by atoms with van der Waals surface area (Å²) in [5.41, 5.74) is 4.17. The summed E-state index contributed by atoms with van der Waals surface area (Å²) in [5, 5.41) is 15.0. The molecule has 104 valence electrons. The average molecular weight is 310 g/mol. The van der Waals surface area contributed by atoms with Crippen molar-refractivity contribution in [2.24, 2.45) is 21.4 Å². The van der Waals surface area contributed by atoms with E-state index in [1.165, 1.54) is 0 Å². The van der Waals surface area contributed by atoms with Gasteiger partial charge in [-0.2, -0.15) is 0 Å². The van der Waals surface area contributed by atoms with Crippen molar-refractivity contribution in [2.75, 3.05) is 5.48 Å². The maximum atomic E-state index is 5.12. The zero-order valence-electron chi connectivity index (χ0n) is 9.98. The maximum absolute atomic E-state index is 5.12. The van der Waals surface area contributed by atoms with Crippen LogP contribution in [0, 0.1) is 9.54 Å². The van der Waals surface area contributed by atoms with Crippen LogP contribution in [-0.4, -0.2) is 21.2 Å². The molecule has 0 saturated heterocycles. The van der Waals surface area contributed by atoms with Gasteiger partial charge in [0.1, 0.15) is 0 Å². The van der Waals surface area contributed by atoms with E-state index in [4.69, 9.17) is 35.1 Å². The quantitative estimate of drug-likeness (QED) is 0.168. The van der Waals surface area contributed by atoms with Gasteiger partial charge in [0, 0.05) is 0 Å². The topological polar surface area (TPSA) is 121 Å². The van der Waals surface area contributed by atoms with E-state index in [1.807, 2.05) is 12.1 Å². The van der Waals surface area contributed by atoms with Crippen LogP contribution in [0.25, 0.3) is 5.69 Å². The van der Waals surface area contributed by atoms with E-state index < -0.39 is 0 Å². The molecule has 0 aliphatic heterocycles. The minimum absolute atomic E-state index is 0.492. The first-order valence-electron chi connectivity index (χ1n) is 5.26. The summed E-state index contributed by atoms with van der Waals surface area (Å²) in [4.78, 5) is 4.89. The molecule has 5 N–H and O–H groups in total. The van der Waals surface area contributed by atoms with E-state index in [9.17, 15) is 0 Å². The fourth-order valence-corrected chi connectivity index (χ4v) is 1.95. The summed E-state index contributed by atoms with van der Waals surface area (Å²) in [6.07, 6.45) is 1.06. The number of hydrogen-bond acceptors (Lipinski definition) is 6. The SMILES string of the molecule is NN=NN=CONc1ccc(-n2c(=S)[nH][nH]c2=S)cc1. The second-order valence-electron chi connectivity index (χ2n) is 3.39. The number of aromatic amines is 2. The van der Waals surface area contributed by atoms with Crippen LogP contribution < -0.4 is 11.3 Å². The van der Waals surface area contributed by atoms with Crippen molar-refractivity contribution in [1.82, 2.24) is 14.8 Å². The largest absolute Gasteiger partial charge is 0.368 e. The number of aromatic nitrogens is 3. The second-order valence-corrected chi connectivity index (χ2v) is 4.16. The van der Waals surface area contributed by atoms with E-state index in [-0.39, 0.29) is 0 Å². The highest BCUT2D eigenvalue weighted by atomic mass is 32.1. The van der Waals surface area contributed by atoms with Gasteiger partial charge in [0.2, 0.25) is 6.40 Å². The first-order chi connectivity index (χ1) is 9.72. The predicted octanol–water partition coefficient (Wildman–Crippen LogP) is 2.21. The molecule has 0 bridgehead atoms. The van der Waals surface area contributed by atoms with Crippen molar-refractivity contribution >= 4 is 36.5 Å². The zero-order valence-corrected chi connectivity index (χ0v) is 11.6. The Bertz CT molecular complexity index is 698. The zero-order chi connectivity index (χ0) is 14.4. The number of benzene rings is 1. The molecule has 0 atom stereocenters. The van der Waals surface area contributed by atoms with Crippen molar-refractivity contribution in [3.8, 4) is 5.69 Å². The monoisotopic (exact) mass is 310 g/mol. The van der Waals surface area contributed by atoms with Crippen molar-refractivity contribution in [2.45, 2.75) is 0 Å². The third kappa shape index (κ3) is 3.27. The molecule has 1 aromatic heterocycles. The molecule has 1 heterocycles. The molecule has 9 nitrogen and oxygen atoms in total. The van der Waals surface area contributed by atoms with Crippen LogP contribution in [0.2, 0.25) is 0 Å². The minimum Gasteiger partial charge on any atom is -0.368 e. The number of nitrogens with one attached hydrogen (secondary N) is 3. The van der Waals surface area contributed by atoms with Crippen LogP contribution in [0.5, 0.6) is 0 Å². The number of hydrogen-bond donors (Lipinski definition) is 4. The normalized spacial score (nSPS) is 11.2.